The van der Waals surface area contributed by atoms with E-state index >= 15 is 0 Å². The van der Waals surface area contributed by atoms with Crippen LogP contribution in [-0.4, -0.2) is 43.1 Å². The predicted molar refractivity (Wildman–Crippen MR) is 87.5 cm³/mol. The fourth-order valence-electron chi connectivity index (χ4n) is 2.72. The maximum absolute atomic E-state index is 12.3. The first kappa shape index (κ1) is 16.3. The molecule has 7 nitrogen and oxygen atoms in total. The third-order valence-corrected chi connectivity index (χ3v) is 4.00. The third kappa shape index (κ3) is 3.51. The molecule has 0 atom stereocenters. The Labute approximate surface area is 140 Å². The predicted octanol–water partition coefficient (Wildman–Crippen LogP) is 1.40. The van der Waals surface area contributed by atoms with Gasteiger partial charge in [-0.25, -0.2) is 0 Å². The molecule has 0 aliphatic carbocycles. The molecule has 0 bridgehead atoms. The van der Waals surface area contributed by atoms with E-state index in [4.69, 9.17) is 14.2 Å². The summed E-state index contributed by atoms with van der Waals surface area (Å²) >= 11 is 0. The van der Waals surface area contributed by atoms with Crippen molar-refractivity contribution in [1.82, 2.24) is 15.1 Å². The summed E-state index contributed by atoms with van der Waals surface area (Å²) in [7, 11) is 3.11. The normalized spacial score (nSPS) is 13.2. The van der Waals surface area contributed by atoms with Crippen molar-refractivity contribution in [3.05, 3.63) is 41.2 Å². The third-order valence-electron chi connectivity index (χ3n) is 4.00. The van der Waals surface area contributed by atoms with Gasteiger partial charge >= 0.3 is 0 Å². The van der Waals surface area contributed by atoms with Gasteiger partial charge in [0.05, 0.1) is 40.2 Å². The van der Waals surface area contributed by atoms with Gasteiger partial charge in [-0.05, 0) is 12.1 Å². The lowest BCUT2D eigenvalue weighted by atomic mass is 10.2. The SMILES string of the molecule is COc1cc(OC)cc(C(=O)NCCn2ncc3c2CCOC3)c1. The van der Waals surface area contributed by atoms with Gasteiger partial charge in [0.15, 0.2) is 0 Å². The molecule has 0 saturated carbocycles. The van der Waals surface area contributed by atoms with Crippen LogP contribution < -0.4 is 14.8 Å². The van der Waals surface area contributed by atoms with Gasteiger partial charge in [-0.1, -0.05) is 0 Å². The van der Waals surface area contributed by atoms with Crippen molar-refractivity contribution in [2.75, 3.05) is 27.4 Å². The zero-order valence-corrected chi connectivity index (χ0v) is 13.9. The molecule has 0 unspecified atom stereocenters. The van der Waals surface area contributed by atoms with Crippen molar-refractivity contribution >= 4 is 5.91 Å². The number of rotatable bonds is 6. The standard InChI is InChI=1S/C17H21N3O4/c1-22-14-7-12(8-15(9-14)23-2)17(21)18-4-5-20-16-3-6-24-11-13(16)10-19-20/h7-10H,3-6,11H2,1-2H3,(H,18,21). The van der Waals surface area contributed by atoms with Crippen molar-refractivity contribution in [2.24, 2.45) is 0 Å². The van der Waals surface area contributed by atoms with E-state index in [0.717, 1.165) is 12.0 Å². The first-order chi connectivity index (χ1) is 11.7. The van der Waals surface area contributed by atoms with E-state index in [0.29, 0.717) is 43.4 Å². The molecule has 1 amide bonds. The molecule has 2 aromatic rings. The largest absolute Gasteiger partial charge is 0.497 e. The molecule has 0 saturated heterocycles. The first-order valence-electron chi connectivity index (χ1n) is 7.84. The second kappa shape index (κ2) is 7.35. The summed E-state index contributed by atoms with van der Waals surface area (Å²) in [5.74, 6) is 0.998. The quantitative estimate of drug-likeness (QED) is 0.866. The number of hydrogen-bond donors (Lipinski definition) is 1. The fourth-order valence-corrected chi connectivity index (χ4v) is 2.72. The molecule has 3 rings (SSSR count). The molecule has 1 aliphatic rings. The van der Waals surface area contributed by atoms with Gasteiger partial charge in [0.25, 0.3) is 5.91 Å². The number of hydrogen-bond acceptors (Lipinski definition) is 5. The highest BCUT2D eigenvalue weighted by Gasteiger charge is 2.15. The van der Waals surface area contributed by atoms with Crippen LogP contribution >= 0.6 is 0 Å². The number of carbonyl (C=O) groups excluding carboxylic acids is 1. The molecule has 24 heavy (non-hydrogen) atoms. The lowest BCUT2D eigenvalue weighted by Gasteiger charge is -2.15. The average molecular weight is 331 g/mol. The molecule has 2 heterocycles. The number of fused-ring (bicyclic) bond motifs is 1. The van der Waals surface area contributed by atoms with Gasteiger partial charge < -0.3 is 19.5 Å². The lowest BCUT2D eigenvalue weighted by Crippen LogP contribution is -2.28. The Morgan fingerprint density at radius 1 is 1.29 bits per heavy atom. The van der Waals surface area contributed by atoms with Crippen molar-refractivity contribution in [3.8, 4) is 11.5 Å². The number of methoxy groups -OCH3 is 2. The van der Waals surface area contributed by atoms with Gasteiger partial charge in [-0.2, -0.15) is 5.10 Å². The topological polar surface area (TPSA) is 74.6 Å². The number of carbonyl (C=O) groups is 1. The minimum absolute atomic E-state index is 0.170. The molecule has 7 heteroatoms. The average Bonchev–Trinajstić information content (AvgIpc) is 3.04. The van der Waals surface area contributed by atoms with Crippen LogP contribution in [0, 0.1) is 0 Å². The van der Waals surface area contributed by atoms with Crippen LogP contribution in [-0.2, 0) is 24.3 Å². The number of nitrogens with zero attached hydrogens (tertiary/aromatic N) is 2. The summed E-state index contributed by atoms with van der Waals surface area (Å²) in [5.41, 5.74) is 2.82. The van der Waals surface area contributed by atoms with Crippen LogP contribution in [0.15, 0.2) is 24.4 Å². The van der Waals surface area contributed by atoms with Gasteiger partial charge in [0, 0.05) is 35.9 Å². The van der Waals surface area contributed by atoms with Gasteiger partial charge in [-0.3, -0.25) is 9.48 Å². The molecule has 1 aliphatic heterocycles. The zero-order valence-electron chi connectivity index (χ0n) is 13.9. The van der Waals surface area contributed by atoms with E-state index < -0.39 is 0 Å². The first-order valence-corrected chi connectivity index (χ1v) is 7.84. The van der Waals surface area contributed by atoms with Crippen LogP contribution in [0.3, 0.4) is 0 Å². The zero-order chi connectivity index (χ0) is 16.9. The van der Waals surface area contributed by atoms with Gasteiger partial charge in [0.2, 0.25) is 0 Å². The maximum atomic E-state index is 12.3. The minimum Gasteiger partial charge on any atom is -0.497 e. The van der Waals surface area contributed by atoms with E-state index in [2.05, 4.69) is 10.4 Å². The number of amides is 1. The molecule has 1 aromatic carbocycles. The Balaban J connectivity index is 1.61. The van der Waals surface area contributed by atoms with Crippen molar-refractivity contribution in [3.63, 3.8) is 0 Å². The molecular weight excluding hydrogens is 310 g/mol. The van der Waals surface area contributed by atoms with Gasteiger partial charge in [-0.15, -0.1) is 0 Å². The molecule has 0 fully saturated rings. The van der Waals surface area contributed by atoms with Crippen LogP contribution in [0.25, 0.3) is 0 Å². The Hall–Kier alpha value is -2.54. The van der Waals surface area contributed by atoms with Crippen LogP contribution in [0.4, 0.5) is 0 Å². The summed E-state index contributed by atoms with van der Waals surface area (Å²) in [6.07, 6.45) is 2.69. The highest BCUT2D eigenvalue weighted by molar-refractivity contribution is 5.95. The van der Waals surface area contributed by atoms with E-state index in [1.165, 1.54) is 5.69 Å². The van der Waals surface area contributed by atoms with Crippen LogP contribution in [0.2, 0.25) is 0 Å². The molecule has 1 N–H and O–H groups in total. The maximum Gasteiger partial charge on any atom is 0.251 e. The number of ether oxygens (including phenoxy) is 3. The Morgan fingerprint density at radius 2 is 2.04 bits per heavy atom. The number of nitrogens with one attached hydrogen (secondary N) is 1. The molecule has 128 valence electrons. The molecular formula is C17H21N3O4. The molecule has 1 aromatic heterocycles. The fraction of sp³-hybridized carbons (Fsp3) is 0.412. The van der Waals surface area contributed by atoms with Crippen LogP contribution in [0.1, 0.15) is 21.6 Å². The van der Waals surface area contributed by atoms with Crippen molar-refractivity contribution in [1.29, 1.82) is 0 Å². The monoisotopic (exact) mass is 331 g/mol. The number of benzene rings is 1. The molecule has 0 radical (unpaired) electrons. The minimum atomic E-state index is -0.170. The van der Waals surface area contributed by atoms with E-state index in [1.807, 2.05) is 10.9 Å². The van der Waals surface area contributed by atoms with Crippen molar-refractivity contribution < 1.29 is 19.0 Å². The molecule has 0 spiro atoms. The summed E-state index contributed by atoms with van der Waals surface area (Å²) < 4.78 is 17.7. The van der Waals surface area contributed by atoms with Crippen molar-refractivity contribution in [2.45, 2.75) is 19.6 Å². The summed E-state index contributed by atoms with van der Waals surface area (Å²) in [6, 6.07) is 5.10. The van der Waals surface area contributed by atoms with Crippen LogP contribution in [0.5, 0.6) is 11.5 Å². The Morgan fingerprint density at radius 3 is 2.75 bits per heavy atom. The van der Waals surface area contributed by atoms with Gasteiger partial charge in [0.1, 0.15) is 11.5 Å². The lowest BCUT2D eigenvalue weighted by molar-refractivity contribution is 0.0949. The summed E-state index contributed by atoms with van der Waals surface area (Å²) in [4.78, 5) is 12.3. The summed E-state index contributed by atoms with van der Waals surface area (Å²) in [6.45, 7) is 2.45. The Kier molecular flexibility index (Phi) is 5.00. The second-order valence-corrected chi connectivity index (χ2v) is 5.50. The highest BCUT2D eigenvalue weighted by Crippen LogP contribution is 2.22. The summed E-state index contributed by atoms with van der Waals surface area (Å²) in [5, 5.41) is 7.27. The highest BCUT2D eigenvalue weighted by atomic mass is 16.5. The Bertz CT molecular complexity index is 704. The van der Waals surface area contributed by atoms with E-state index in [-0.39, 0.29) is 5.91 Å². The van der Waals surface area contributed by atoms with E-state index in [1.54, 1.807) is 32.4 Å². The number of aromatic nitrogens is 2. The van der Waals surface area contributed by atoms with E-state index in [9.17, 15) is 4.79 Å². The second-order valence-electron chi connectivity index (χ2n) is 5.50. The smallest absolute Gasteiger partial charge is 0.251 e.